The van der Waals surface area contributed by atoms with Crippen molar-refractivity contribution < 1.29 is 18.0 Å². The first kappa shape index (κ1) is 19.7. The van der Waals surface area contributed by atoms with Gasteiger partial charge in [-0.1, -0.05) is 12.0 Å². The number of anilines is 1. The van der Waals surface area contributed by atoms with Gasteiger partial charge in [-0.25, -0.2) is 0 Å². The van der Waals surface area contributed by atoms with Gasteiger partial charge in [0.2, 0.25) is 0 Å². The molecular formula is C21H20F3N3O. The van der Waals surface area contributed by atoms with Gasteiger partial charge in [0.15, 0.2) is 0 Å². The summed E-state index contributed by atoms with van der Waals surface area (Å²) < 4.78 is 39.0. The Morgan fingerprint density at radius 2 is 1.79 bits per heavy atom. The number of hydrogen-bond acceptors (Lipinski definition) is 3. The lowest BCUT2D eigenvalue weighted by Gasteiger charge is -2.36. The third-order valence-corrected chi connectivity index (χ3v) is 4.67. The number of amides is 1. The van der Waals surface area contributed by atoms with Gasteiger partial charge in [0.1, 0.15) is 0 Å². The highest BCUT2D eigenvalue weighted by Crippen LogP contribution is 2.33. The Balaban J connectivity index is 1.65. The van der Waals surface area contributed by atoms with Crippen molar-refractivity contribution in [3.05, 3.63) is 58.9 Å². The highest BCUT2D eigenvalue weighted by molar-refractivity contribution is 5.94. The molecule has 1 aliphatic rings. The molecule has 0 atom stereocenters. The van der Waals surface area contributed by atoms with Crippen LogP contribution in [-0.2, 0) is 11.0 Å². The van der Waals surface area contributed by atoms with Crippen molar-refractivity contribution in [3.8, 4) is 11.8 Å². The van der Waals surface area contributed by atoms with Crippen LogP contribution < -0.4 is 4.90 Å². The van der Waals surface area contributed by atoms with Gasteiger partial charge in [-0.15, -0.1) is 0 Å². The van der Waals surface area contributed by atoms with E-state index in [0.717, 1.165) is 17.3 Å². The summed E-state index contributed by atoms with van der Waals surface area (Å²) in [6, 6.07) is 7.38. The molecule has 1 aliphatic heterocycles. The lowest BCUT2D eigenvalue weighted by Crippen LogP contribution is -2.48. The van der Waals surface area contributed by atoms with E-state index in [1.165, 1.54) is 12.1 Å². The van der Waals surface area contributed by atoms with E-state index < -0.39 is 11.7 Å². The molecule has 1 aromatic heterocycles. The number of piperazine rings is 1. The second-order valence-corrected chi connectivity index (χ2v) is 6.72. The number of halogens is 3. The van der Waals surface area contributed by atoms with Gasteiger partial charge in [-0.3, -0.25) is 9.78 Å². The molecule has 3 rings (SSSR count). The number of carbonyl (C=O) groups is 1. The molecular weight excluding hydrogens is 367 g/mol. The zero-order valence-electron chi connectivity index (χ0n) is 15.7. The number of carbonyl (C=O) groups excluding carboxylic acids is 1. The van der Waals surface area contributed by atoms with Crippen LogP contribution in [0.4, 0.5) is 18.9 Å². The van der Waals surface area contributed by atoms with Crippen molar-refractivity contribution in [2.75, 3.05) is 31.1 Å². The largest absolute Gasteiger partial charge is 0.416 e. The quantitative estimate of drug-likeness (QED) is 0.704. The Morgan fingerprint density at radius 1 is 1.07 bits per heavy atom. The fraction of sp³-hybridized carbons (Fsp3) is 0.333. The standard InChI is InChI=1S/C21H20F3N3O/c1-15-3-7-18(21(22,23)24)13-19(15)26-9-11-27(12-10-26)20(28)8-6-17-5-4-16(2)25-14-17/h3-5,7,13-14H,9-12H2,1-2H3. The number of nitrogens with zero attached hydrogens (tertiary/aromatic N) is 3. The van der Waals surface area contributed by atoms with E-state index in [4.69, 9.17) is 0 Å². The van der Waals surface area contributed by atoms with Gasteiger partial charge in [-0.2, -0.15) is 13.2 Å². The minimum atomic E-state index is -4.37. The van der Waals surface area contributed by atoms with Crippen molar-refractivity contribution in [2.24, 2.45) is 0 Å². The second-order valence-electron chi connectivity index (χ2n) is 6.72. The SMILES string of the molecule is Cc1ccc(C#CC(=O)N2CCN(c3cc(C(F)(F)F)ccc3C)CC2)cn1. The highest BCUT2D eigenvalue weighted by atomic mass is 19.4. The maximum atomic E-state index is 13.0. The van der Waals surface area contributed by atoms with Crippen LogP contribution in [0.5, 0.6) is 0 Å². The van der Waals surface area contributed by atoms with Crippen molar-refractivity contribution >= 4 is 11.6 Å². The van der Waals surface area contributed by atoms with Crippen LogP contribution in [0.15, 0.2) is 36.5 Å². The van der Waals surface area contributed by atoms with E-state index >= 15 is 0 Å². The molecule has 0 spiro atoms. The van der Waals surface area contributed by atoms with E-state index in [1.807, 2.05) is 17.9 Å². The van der Waals surface area contributed by atoms with Crippen molar-refractivity contribution in [1.82, 2.24) is 9.88 Å². The average molecular weight is 387 g/mol. The maximum absolute atomic E-state index is 13.0. The van der Waals surface area contributed by atoms with Gasteiger partial charge >= 0.3 is 6.18 Å². The number of aryl methyl sites for hydroxylation is 2. The van der Waals surface area contributed by atoms with Crippen LogP contribution in [-0.4, -0.2) is 42.0 Å². The molecule has 1 fully saturated rings. The molecule has 0 N–H and O–H groups in total. The average Bonchev–Trinajstić information content (AvgIpc) is 2.67. The summed E-state index contributed by atoms with van der Waals surface area (Å²) in [6.45, 7) is 5.40. The molecule has 0 unspecified atom stereocenters. The highest BCUT2D eigenvalue weighted by Gasteiger charge is 2.31. The Hall–Kier alpha value is -3.01. The monoisotopic (exact) mass is 387 g/mol. The second kappa shape index (κ2) is 7.93. The molecule has 7 heteroatoms. The van der Waals surface area contributed by atoms with Gasteiger partial charge in [0.05, 0.1) is 5.56 Å². The predicted molar refractivity (Wildman–Crippen MR) is 101 cm³/mol. The van der Waals surface area contributed by atoms with Gasteiger partial charge in [0.25, 0.3) is 5.91 Å². The van der Waals surface area contributed by atoms with Crippen LogP contribution in [0.3, 0.4) is 0 Å². The van der Waals surface area contributed by atoms with Gasteiger partial charge in [0, 0.05) is 55.2 Å². The number of hydrogen-bond donors (Lipinski definition) is 0. The van der Waals surface area contributed by atoms with E-state index in [9.17, 15) is 18.0 Å². The van der Waals surface area contributed by atoms with Gasteiger partial charge in [-0.05, 0) is 43.7 Å². The Labute approximate surface area is 162 Å². The van der Waals surface area contributed by atoms with Crippen molar-refractivity contribution in [3.63, 3.8) is 0 Å². The molecule has 28 heavy (non-hydrogen) atoms. The molecule has 0 bridgehead atoms. The summed E-state index contributed by atoms with van der Waals surface area (Å²) in [5.74, 6) is 5.12. The Kier molecular flexibility index (Phi) is 5.59. The van der Waals surface area contributed by atoms with Gasteiger partial charge < -0.3 is 9.80 Å². The minimum Gasteiger partial charge on any atom is -0.368 e. The molecule has 1 saturated heterocycles. The number of benzene rings is 1. The number of pyridine rings is 1. The zero-order chi connectivity index (χ0) is 20.3. The first-order chi connectivity index (χ1) is 13.2. The third kappa shape index (κ3) is 4.63. The third-order valence-electron chi connectivity index (χ3n) is 4.67. The van der Waals surface area contributed by atoms with Crippen molar-refractivity contribution in [2.45, 2.75) is 20.0 Å². The fourth-order valence-corrected chi connectivity index (χ4v) is 3.02. The Bertz CT molecular complexity index is 919. The number of rotatable bonds is 1. The van der Waals surface area contributed by atoms with E-state index in [0.29, 0.717) is 37.4 Å². The van der Waals surface area contributed by atoms with Crippen molar-refractivity contribution in [1.29, 1.82) is 0 Å². The van der Waals surface area contributed by atoms with Crippen LogP contribution in [0.2, 0.25) is 0 Å². The summed E-state index contributed by atoms with van der Waals surface area (Å²) in [5, 5.41) is 0. The van der Waals surface area contributed by atoms with E-state index in [-0.39, 0.29) is 5.91 Å². The molecule has 1 aromatic carbocycles. The number of aromatic nitrogens is 1. The van der Waals surface area contributed by atoms with E-state index in [1.54, 1.807) is 24.1 Å². The molecule has 0 saturated carbocycles. The maximum Gasteiger partial charge on any atom is 0.416 e. The molecule has 0 aliphatic carbocycles. The summed E-state index contributed by atoms with van der Waals surface area (Å²) in [7, 11) is 0. The fourth-order valence-electron chi connectivity index (χ4n) is 3.02. The summed E-state index contributed by atoms with van der Waals surface area (Å²) in [6.07, 6.45) is -2.76. The van der Waals surface area contributed by atoms with E-state index in [2.05, 4.69) is 16.8 Å². The van der Waals surface area contributed by atoms with Crippen LogP contribution in [0, 0.1) is 25.7 Å². The molecule has 4 nitrogen and oxygen atoms in total. The smallest absolute Gasteiger partial charge is 0.368 e. The molecule has 2 heterocycles. The number of alkyl halides is 3. The topological polar surface area (TPSA) is 36.4 Å². The summed E-state index contributed by atoms with van der Waals surface area (Å²) >= 11 is 0. The normalized spacial score (nSPS) is 14.5. The lowest BCUT2D eigenvalue weighted by atomic mass is 10.1. The van der Waals surface area contributed by atoms with Crippen LogP contribution >= 0.6 is 0 Å². The minimum absolute atomic E-state index is 0.291. The predicted octanol–water partition coefficient (Wildman–Crippen LogP) is 3.42. The van der Waals surface area contributed by atoms with Crippen LogP contribution in [0.1, 0.15) is 22.4 Å². The Morgan fingerprint density at radius 3 is 2.39 bits per heavy atom. The zero-order valence-corrected chi connectivity index (χ0v) is 15.7. The van der Waals surface area contributed by atoms with Crippen LogP contribution in [0.25, 0.3) is 0 Å². The molecule has 1 amide bonds. The molecule has 0 radical (unpaired) electrons. The summed E-state index contributed by atoms with van der Waals surface area (Å²) in [4.78, 5) is 19.9. The molecule has 146 valence electrons. The first-order valence-electron chi connectivity index (χ1n) is 8.90. The lowest BCUT2D eigenvalue weighted by molar-refractivity contribution is -0.137. The summed E-state index contributed by atoms with van der Waals surface area (Å²) in [5.41, 5.74) is 2.21. The first-order valence-corrected chi connectivity index (χ1v) is 8.90. The molecule has 2 aromatic rings.